The van der Waals surface area contributed by atoms with Crippen molar-refractivity contribution in [3.05, 3.63) is 52.9 Å². The van der Waals surface area contributed by atoms with E-state index in [-0.39, 0.29) is 5.69 Å². The molecule has 0 aliphatic carbocycles. The number of ether oxygens (including phenoxy) is 1. The Morgan fingerprint density at radius 2 is 1.85 bits per heavy atom. The third-order valence-corrected chi connectivity index (χ3v) is 7.57. The van der Waals surface area contributed by atoms with Crippen molar-refractivity contribution < 1.29 is 13.2 Å². The van der Waals surface area contributed by atoms with Crippen molar-refractivity contribution in [3.63, 3.8) is 0 Å². The molecule has 0 saturated carbocycles. The molecule has 2 aromatic heterocycles. The molecule has 3 heterocycles. The number of fused-ring (bicyclic) bond motifs is 1. The summed E-state index contributed by atoms with van der Waals surface area (Å²) in [4.78, 5) is 20.1. The van der Waals surface area contributed by atoms with Gasteiger partial charge in [0.1, 0.15) is 17.1 Å². The van der Waals surface area contributed by atoms with Crippen LogP contribution < -0.4 is 30.3 Å². The first kappa shape index (κ1) is 27.8. The average Bonchev–Trinajstić information content (AvgIpc) is 2.95. The minimum atomic E-state index is -3.60. The van der Waals surface area contributed by atoms with Crippen LogP contribution in [0.1, 0.15) is 12.5 Å². The monoisotopic (exact) mass is 627 g/mol. The van der Waals surface area contributed by atoms with Crippen molar-refractivity contribution in [1.29, 1.82) is 0 Å². The van der Waals surface area contributed by atoms with Gasteiger partial charge < -0.3 is 25.6 Å². The van der Waals surface area contributed by atoms with E-state index in [4.69, 9.17) is 4.74 Å². The van der Waals surface area contributed by atoms with E-state index in [9.17, 15) is 8.42 Å². The molecule has 0 atom stereocenters. The second-order valence-corrected chi connectivity index (χ2v) is 11.8. The van der Waals surface area contributed by atoms with Gasteiger partial charge in [0.15, 0.2) is 0 Å². The molecule has 14 heteroatoms. The van der Waals surface area contributed by atoms with Crippen LogP contribution in [0, 0.1) is 0 Å². The summed E-state index contributed by atoms with van der Waals surface area (Å²) in [6.07, 6.45) is 6.61. The summed E-state index contributed by atoms with van der Waals surface area (Å²) in [5.74, 6) is 1.43. The second kappa shape index (κ2) is 11.8. The number of nitrogens with one attached hydrogen (secondary N) is 4. The highest BCUT2D eigenvalue weighted by molar-refractivity contribution is 9.10. The van der Waals surface area contributed by atoms with E-state index >= 15 is 0 Å². The highest BCUT2D eigenvalue weighted by atomic mass is 79.9. The Hall–Kier alpha value is -3.75. The summed E-state index contributed by atoms with van der Waals surface area (Å²) in [6.45, 7) is 5.89. The van der Waals surface area contributed by atoms with Gasteiger partial charge in [0.2, 0.25) is 16.0 Å². The van der Waals surface area contributed by atoms with Gasteiger partial charge in [0.05, 0.1) is 40.4 Å². The van der Waals surface area contributed by atoms with Gasteiger partial charge >= 0.3 is 0 Å². The van der Waals surface area contributed by atoms with Gasteiger partial charge in [0.25, 0.3) is 0 Å². The van der Waals surface area contributed by atoms with E-state index in [0.717, 1.165) is 50.2 Å². The normalized spacial score (nSPS) is 13.8. The van der Waals surface area contributed by atoms with Gasteiger partial charge in [-0.1, -0.05) is 6.92 Å². The molecule has 0 radical (unpaired) electrons. The quantitative estimate of drug-likeness (QED) is 0.213. The molecule has 4 N–H and O–H groups in total. The maximum Gasteiger partial charge on any atom is 0.229 e. The first-order chi connectivity index (χ1) is 19.3. The fourth-order valence-corrected chi connectivity index (χ4v) is 5.42. The Kier molecular flexibility index (Phi) is 8.19. The number of hydrogen-bond donors (Lipinski definition) is 4. The van der Waals surface area contributed by atoms with E-state index in [0.29, 0.717) is 38.7 Å². The number of hydrogen-bond acceptors (Lipinski definition) is 11. The van der Waals surface area contributed by atoms with Crippen LogP contribution in [0.25, 0.3) is 11.0 Å². The number of aromatic nitrogens is 4. The van der Waals surface area contributed by atoms with E-state index in [1.54, 1.807) is 31.6 Å². The van der Waals surface area contributed by atoms with Crippen LogP contribution in [-0.4, -0.2) is 67.9 Å². The molecule has 4 aromatic rings. The van der Waals surface area contributed by atoms with Crippen molar-refractivity contribution in [2.45, 2.75) is 13.3 Å². The molecule has 0 unspecified atom stereocenters. The number of anilines is 6. The molecule has 1 aliphatic heterocycles. The van der Waals surface area contributed by atoms with Crippen LogP contribution in [-0.2, 0) is 16.4 Å². The van der Waals surface area contributed by atoms with E-state index in [2.05, 4.69) is 80.5 Å². The Balaban J connectivity index is 1.48. The average molecular weight is 629 g/mol. The summed E-state index contributed by atoms with van der Waals surface area (Å²) in [5.41, 5.74) is 4.77. The van der Waals surface area contributed by atoms with Gasteiger partial charge in [-0.2, -0.15) is 4.98 Å². The van der Waals surface area contributed by atoms with Crippen molar-refractivity contribution in [2.75, 3.05) is 59.8 Å². The molecule has 40 heavy (non-hydrogen) atoms. The first-order valence-corrected chi connectivity index (χ1v) is 15.4. The summed E-state index contributed by atoms with van der Waals surface area (Å²) in [7, 11) is -1.96. The van der Waals surface area contributed by atoms with Crippen LogP contribution >= 0.6 is 15.9 Å². The number of aryl methyl sites for hydroxylation is 1. The van der Waals surface area contributed by atoms with Crippen molar-refractivity contribution in [2.24, 2.45) is 0 Å². The van der Waals surface area contributed by atoms with Crippen LogP contribution in [0.5, 0.6) is 5.75 Å². The number of benzene rings is 2. The van der Waals surface area contributed by atoms with Crippen molar-refractivity contribution >= 4 is 71.5 Å². The maximum atomic E-state index is 12.2. The fourth-order valence-electron chi connectivity index (χ4n) is 4.56. The summed E-state index contributed by atoms with van der Waals surface area (Å²) in [5, 5.41) is 9.89. The second-order valence-electron chi connectivity index (χ2n) is 9.20. The molecule has 210 valence electrons. The highest BCUT2D eigenvalue weighted by Gasteiger charge is 2.19. The largest absolute Gasteiger partial charge is 0.494 e. The minimum absolute atomic E-state index is 0.269. The minimum Gasteiger partial charge on any atom is -0.494 e. The number of nitrogens with zero attached hydrogens (tertiary/aromatic N) is 5. The third-order valence-electron chi connectivity index (χ3n) is 6.41. The lowest BCUT2D eigenvalue weighted by molar-refractivity contribution is 0.416. The zero-order chi connectivity index (χ0) is 28.3. The van der Waals surface area contributed by atoms with Crippen LogP contribution in [0.4, 0.5) is 34.5 Å². The maximum absolute atomic E-state index is 12.2. The number of halogens is 1. The highest BCUT2D eigenvalue weighted by Crippen LogP contribution is 2.37. The first-order valence-electron chi connectivity index (χ1n) is 12.7. The topological polar surface area (TPSA) is 146 Å². The number of piperazine rings is 1. The van der Waals surface area contributed by atoms with Crippen molar-refractivity contribution in [3.8, 4) is 5.75 Å². The lowest BCUT2D eigenvalue weighted by Gasteiger charge is -2.31. The Morgan fingerprint density at radius 3 is 2.58 bits per heavy atom. The molecular formula is C26H30BrN9O3S. The smallest absolute Gasteiger partial charge is 0.229 e. The number of methoxy groups -OCH3 is 1. The van der Waals surface area contributed by atoms with Crippen LogP contribution in [0.3, 0.4) is 0 Å². The molecule has 2 aromatic carbocycles. The molecule has 0 amide bonds. The predicted molar refractivity (Wildman–Crippen MR) is 162 cm³/mol. The predicted octanol–water partition coefficient (Wildman–Crippen LogP) is 4.02. The number of sulfonamides is 1. The molecule has 1 saturated heterocycles. The number of rotatable bonds is 9. The molecule has 12 nitrogen and oxygen atoms in total. The Morgan fingerprint density at radius 1 is 1.07 bits per heavy atom. The van der Waals surface area contributed by atoms with Gasteiger partial charge in [-0.25, -0.2) is 13.4 Å². The van der Waals surface area contributed by atoms with Gasteiger partial charge in [0, 0.05) is 56.5 Å². The van der Waals surface area contributed by atoms with E-state index in [1.807, 2.05) is 0 Å². The molecule has 1 aliphatic rings. The zero-order valence-corrected chi connectivity index (χ0v) is 24.7. The van der Waals surface area contributed by atoms with Crippen LogP contribution in [0.2, 0.25) is 0 Å². The molecule has 5 rings (SSSR count). The van der Waals surface area contributed by atoms with Crippen molar-refractivity contribution in [1.82, 2.24) is 25.3 Å². The summed E-state index contributed by atoms with van der Waals surface area (Å²) < 4.78 is 33.2. The molecule has 1 fully saturated rings. The molecule has 0 spiro atoms. The van der Waals surface area contributed by atoms with Gasteiger partial charge in [-0.15, -0.1) is 0 Å². The zero-order valence-electron chi connectivity index (χ0n) is 22.3. The SMILES string of the molecule is CCc1cc(Nc2ncc(Br)c(Nc3ccc4nccnc4c3NS(C)(=O)=O)n2)c(OC)cc1N1CCNCC1. The Labute approximate surface area is 241 Å². The fraction of sp³-hybridized carbons (Fsp3) is 0.308. The van der Waals surface area contributed by atoms with Gasteiger partial charge in [-0.3, -0.25) is 14.7 Å². The lowest BCUT2D eigenvalue weighted by Crippen LogP contribution is -2.43. The third kappa shape index (κ3) is 6.18. The van der Waals surface area contributed by atoms with Gasteiger partial charge in [-0.05, 0) is 46.1 Å². The standard InChI is InChI=1S/C26H30BrN9O3S/c1-4-16-13-20(22(39-2)14-21(16)36-11-9-28-10-12-36)33-26-31-15-17(27)25(34-26)32-19-6-5-18-23(30-8-7-29-18)24(19)35-40(3,37)38/h5-8,13-15,28,35H,4,9-12H2,1-3H3,(H2,31,32,33,34). The van der Waals surface area contributed by atoms with E-state index < -0.39 is 10.0 Å². The Bertz CT molecular complexity index is 1650. The molecule has 0 bridgehead atoms. The summed E-state index contributed by atoms with van der Waals surface area (Å²) >= 11 is 3.50. The van der Waals surface area contributed by atoms with Crippen LogP contribution in [0.15, 0.2) is 47.3 Å². The van der Waals surface area contributed by atoms with E-state index in [1.165, 1.54) is 11.8 Å². The lowest BCUT2D eigenvalue weighted by atomic mass is 10.1. The summed E-state index contributed by atoms with van der Waals surface area (Å²) in [6, 6.07) is 7.61. The molecular weight excluding hydrogens is 598 g/mol.